The standard InChI is InChI=1S/C14H17NO3S/c1-3-19(17,18)12-6-7-14-13(8-12)11(9-15-14)5-4-10(2)16/h6-9,15H,3-5H2,1-2H3. The van der Waals surface area contributed by atoms with Gasteiger partial charge < -0.3 is 9.78 Å². The highest BCUT2D eigenvalue weighted by atomic mass is 32.2. The third-order valence-corrected chi connectivity index (χ3v) is 4.96. The van der Waals surface area contributed by atoms with Crippen LogP contribution in [0.2, 0.25) is 0 Å². The second-order valence-electron chi connectivity index (χ2n) is 4.63. The largest absolute Gasteiger partial charge is 0.361 e. The molecule has 2 aromatic rings. The fourth-order valence-corrected chi connectivity index (χ4v) is 2.94. The maximum absolute atomic E-state index is 11.9. The summed E-state index contributed by atoms with van der Waals surface area (Å²) in [6.07, 6.45) is 2.94. The molecule has 102 valence electrons. The molecule has 4 nitrogen and oxygen atoms in total. The minimum Gasteiger partial charge on any atom is -0.361 e. The molecule has 0 saturated carbocycles. The summed E-state index contributed by atoms with van der Waals surface area (Å²) < 4.78 is 23.8. The van der Waals surface area contributed by atoms with Crippen LogP contribution in [-0.2, 0) is 21.1 Å². The van der Waals surface area contributed by atoms with E-state index >= 15 is 0 Å². The SMILES string of the molecule is CCS(=O)(=O)c1ccc2[nH]cc(CCC(C)=O)c2c1. The zero-order valence-corrected chi connectivity index (χ0v) is 11.9. The van der Waals surface area contributed by atoms with Crippen LogP contribution in [0.4, 0.5) is 0 Å². The summed E-state index contributed by atoms with van der Waals surface area (Å²) >= 11 is 0. The second kappa shape index (κ2) is 5.17. The van der Waals surface area contributed by atoms with Crippen molar-refractivity contribution in [3.05, 3.63) is 30.0 Å². The second-order valence-corrected chi connectivity index (χ2v) is 6.90. The highest BCUT2D eigenvalue weighted by Crippen LogP contribution is 2.23. The van der Waals surface area contributed by atoms with Crippen LogP contribution in [0.3, 0.4) is 0 Å². The average Bonchev–Trinajstić information content (AvgIpc) is 2.78. The molecule has 0 amide bonds. The third kappa shape index (κ3) is 2.87. The lowest BCUT2D eigenvalue weighted by atomic mass is 10.1. The van der Waals surface area contributed by atoms with Crippen molar-refractivity contribution in [2.45, 2.75) is 31.6 Å². The monoisotopic (exact) mass is 279 g/mol. The number of benzene rings is 1. The molecule has 1 heterocycles. The summed E-state index contributed by atoms with van der Waals surface area (Å²) in [5.41, 5.74) is 1.88. The van der Waals surface area contributed by atoms with E-state index in [0.717, 1.165) is 16.5 Å². The Morgan fingerprint density at radius 3 is 2.68 bits per heavy atom. The van der Waals surface area contributed by atoms with Gasteiger partial charge in [0, 0.05) is 23.5 Å². The number of carbonyl (C=O) groups is 1. The Kier molecular flexibility index (Phi) is 3.75. The zero-order chi connectivity index (χ0) is 14.0. The van der Waals surface area contributed by atoms with Gasteiger partial charge in [0.05, 0.1) is 10.6 Å². The molecule has 5 heteroatoms. The van der Waals surface area contributed by atoms with E-state index in [1.54, 1.807) is 32.0 Å². The number of Topliss-reactive ketones (excluding diaryl/α,β-unsaturated/α-hetero) is 1. The molecule has 0 aliphatic rings. The molecular weight excluding hydrogens is 262 g/mol. The van der Waals surface area contributed by atoms with Gasteiger partial charge in [-0.3, -0.25) is 0 Å². The molecule has 0 atom stereocenters. The number of H-pyrrole nitrogens is 1. The van der Waals surface area contributed by atoms with Gasteiger partial charge >= 0.3 is 0 Å². The van der Waals surface area contributed by atoms with Crippen LogP contribution < -0.4 is 0 Å². The molecule has 0 saturated heterocycles. The van der Waals surface area contributed by atoms with E-state index in [2.05, 4.69) is 4.98 Å². The lowest BCUT2D eigenvalue weighted by Gasteiger charge is -2.03. The summed E-state index contributed by atoms with van der Waals surface area (Å²) in [6, 6.07) is 5.09. The quantitative estimate of drug-likeness (QED) is 0.914. The minimum absolute atomic E-state index is 0.0890. The number of fused-ring (bicyclic) bond motifs is 1. The Hall–Kier alpha value is -1.62. The molecule has 0 spiro atoms. The molecule has 0 aliphatic carbocycles. The topological polar surface area (TPSA) is 67.0 Å². The molecule has 0 fully saturated rings. The summed E-state index contributed by atoms with van der Waals surface area (Å²) in [4.78, 5) is 14.5. The molecule has 0 unspecified atom stereocenters. The first-order valence-electron chi connectivity index (χ1n) is 6.26. The van der Waals surface area contributed by atoms with Crippen LogP contribution >= 0.6 is 0 Å². The van der Waals surface area contributed by atoms with Crippen LogP contribution in [0.25, 0.3) is 10.9 Å². The maximum Gasteiger partial charge on any atom is 0.178 e. The van der Waals surface area contributed by atoms with Crippen molar-refractivity contribution in [3.8, 4) is 0 Å². The molecule has 0 bridgehead atoms. The molecule has 0 aliphatic heterocycles. The minimum atomic E-state index is -3.20. The number of aromatic nitrogens is 1. The van der Waals surface area contributed by atoms with Crippen LogP contribution in [0.5, 0.6) is 0 Å². The Morgan fingerprint density at radius 1 is 1.32 bits per heavy atom. The van der Waals surface area contributed by atoms with Crippen LogP contribution in [0, 0.1) is 0 Å². The van der Waals surface area contributed by atoms with Gasteiger partial charge in [0.25, 0.3) is 0 Å². The number of aryl methyl sites for hydroxylation is 1. The molecule has 19 heavy (non-hydrogen) atoms. The van der Waals surface area contributed by atoms with E-state index in [4.69, 9.17) is 0 Å². The predicted octanol–water partition coefficient (Wildman–Crippen LogP) is 2.48. The summed E-state index contributed by atoms with van der Waals surface area (Å²) in [6.45, 7) is 3.19. The molecule has 1 N–H and O–H groups in total. The number of ketones is 1. The van der Waals surface area contributed by atoms with Crippen molar-refractivity contribution in [2.24, 2.45) is 0 Å². The molecule has 1 aromatic heterocycles. The van der Waals surface area contributed by atoms with Crippen LogP contribution in [0.1, 0.15) is 25.8 Å². The van der Waals surface area contributed by atoms with Crippen molar-refractivity contribution >= 4 is 26.5 Å². The highest BCUT2D eigenvalue weighted by Gasteiger charge is 2.13. The predicted molar refractivity (Wildman–Crippen MR) is 75.0 cm³/mol. The highest BCUT2D eigenvalue weighted by molar-refractivity contribution is 7.91. The Labute approximate surface area is 112 Å². The number of nitrogens with one attached hydrogen (secondary N) is 1. The fourth-order valence-electron chi connectivity index (χ4n) is 2.04. The summed E-state index contributed by atoms with van der Waals surface area (Å²) in [7, 11) is -3.20. The van der Waals surface area contributed by atoms with Crippen LogP contribution in [0.15, 0.2) is 29.3 Å². The van der Waals surface area contributed by atoms with E-state index in [-0.39, 0.29) is 11.5 Å². The summed E-state index contributed by atoms with van der Waals surface area (Å²) in [5.74, 6) is 0.220. The number of sulfone groups is 1. The fraction of sp³-hybridized carbons (Fsp3) is 0.357. The third-order valence-electron chi connectivity index (χ3n) is 3.22. The number of rotatable bonds is 5. The van der Waals surface area contributed by atoms with Gasteiger partial charge in [-0.25, -0.2) is 8.42 Å². The Morgan fingerprint density at radius 2 is 2.05 bits per heavy atom. The van der Waals surface area contributed by atoms with Crippen molar-refractivity contribution in [1.29, 1.82) is 0 Å². The van der Waals surface area contributed by atoms with Gasteiger partial charge in [0.2, 0.25) is 0 Å². The number of hydrogen-bond acceptors (Lipinski definition) is 3. The Bertz CT molecular complexity index is 713. The normalized spacial score (nSPS) is 11.9. The Balaban J connectivity index is 2.46. The first kappa shape index (κ1) is 13.8. The maximum atomic E-state index is 11.9. The van der Waals surface area contributed by atoms with Gasteiger partial charge in [0.1, 0.15) is 5.78 Å². The van der Waals surface area contributed by atoms with E-state index in [1.165, 1.54) is 0 Å². The van der Waals surface area contributed by atoms with Crippen LogP contribution in [-0.4, -0.2) is 24.9 Å². The van der Waals surface area contributed by atoms with Gasteiger partial charge in [-0.05, 0) is 37.1 Å². The molecule has 0 radical (unpaired) electrons. The lowest BCUT2D eigenvalue weighted by Crippen LogP contribution is -2.03. The number of aromatic amines is 1. The lowest BCUT2D eigenvalue weighted by molar-refractivity contribution is -0.116. The van der Waals surface area contributed by atoms with E-state index in [1.807, 2.05) is 6.20 Å². The van der Waals surface area contributed by atoms with Crippen molar-refractivity contribution in [3.63, 3.8) is 0 Å². The van der Waals surface area contributed by atoms with Gasteiger partial charge in [-0.2, -0.15) is 0 Å². The van der Waals surface area contributed by atoms with E-state index < -0.39 is 9.84 Å². The van der Waals surface area contributed by atoms with Gasteiger partial charge in [0.15, 0.2) is 9.84 Å². The number of hydrogen-bond donors (Lipinski definition) is 1. The molecular formula is C14H17NO3S. The van der Waals surface area contributed by atoms with Gasteiger partial charge in [-0.15, -0.1) is 0 Å². The van der Waals surface area contributed by atoms with Gasteiger partial charge in [-0.1, -0.05) is 6.92 Å². The average molecular weight is 279 g/mol. The molecule has 1 aromatic carbocycles. The smallest absolute Gasteiger partial charge is 0.178 e. The van der Waals surface area contributed by atoms with E-state index in [9.17, 15) is 13.2 Å². The van der Waals surface area contributed by atoms with Crippen molar-refractivity contribution < 1.29 is 13.2 Å². The first-order chi connectivity index (χ1) is 8.94. The summed E-state index contributed by atoms with van der Waals surface area (Å²) in [5, 5.41) is 0.885. The first-order valence-corrected chi connectivity index (χ1v) is 7.91. The number of carbonyl (C=O) groups excluding carboxylic acids is 1. The van der Waals surface area contributed by atoms with Crippen molar-refractivity contribution in [2.75, 3.05) is 5.75 Å². The van der Waals surface area contributed by atoms with Crippen molar-refractivity contribution in [1.82, 2.24) is 4.98 Å². The zero-order valence-electron chi connectivity index (χ0n) is 11.1. The molecule has 2 rings (SSSR count). The van der Waals surface area contributed by atoms with E-state index in [0.29, 0.717) is 17.7 Å².